The van der Waals surface area contributed by atoms with E-state index in [1.807, 2.05) is 18.4 Å². The van der Waals surface area contributed by atoms with Gasteiger partial charge >= 0.3 is 0 Å². The average Bonchev–Trinajstić information content (AvgIpc) is 2.73. The van der Waals surface area contributed by atoms with Crippen molar-refractivity contribution in [3.63, 3.8) is 0 Å². The number of ether oxygens (including phenoxy) is 1. The number of halogens is 1. The number of nitrogens with zero attached hydrogens (tertiary/aromatic N) is 1. The Morgan fingerprint density at radius 3 is 3.00 bits per heavy atom. The molecule has 0 radical (unpaired) electrons. The monoisotopic (exact) mass is 311 g/mol. The topological polar surface area (TPSA) is 39.2 Å². The summed E-state index contributed by atoms with van der Waals surface area (Å²) in [4.78, 5) is 15.2. The summed E-state index contributed by atoms with van der Waals surface area (Å²) in [7, 11) is 0. The lowest BCUT2D eigenvalue weighted by atomic mass is 10.2. The number of aldehydes is 1. The Hall–Kier alpha value is -1.20. The van der Waals surface area contributed by atoms with Gasteiger partial charge in [-0.25, -0.2) is 4.98 Å². The van der Waals surface area contributed by atoms with Crippen molar-refractivity contribution in [1.29, 1.82) is 0 Å². The van der Waals surface area contributed by atoms with Crippen molar-refractivity contribution in [3.05, 3.63) is 44.3 Å². The summed E-state index contributed by atoms with van der Waals surface area (Å²) < 4.78 is 6.43. The third-order valence-corrected chi connectivity index (χ3v) is 3.46. The highest BCUT2D eigenvalue weighted by molar-refractivity contribution is 9.10. The number of aromatic nitrogens is 1. The van der Waals surface area contributed by atoms with Crippen molar-refractivity contribution in [2.75, 3.05) is 0 Å². The zero-order valence-electron chi connectivity index (χ0n) is 9.14. The van der Waals surface area contributed by atoms with E-state index >= 15 is 0 Å². The van der Waals surface area contributed by atoms with Crippen LogP contribution in [0.1, 0.15) is 21.1 Å². The van der Waals surface area contributed by atoms with Gasteiger partial charge in [0.05, 0.1) is 16.3 Å². The normalized spacial score (nSPS) is 10.2. The van der Waals surface area contributed by atoms with Gasteiger partial charge in [-0.05, 0) is 25.1 Å². The van der Waals surface area contributed by atoms with Gasteiger partial charge < -0.3 is 4.74 Å². The quantitative estimate of drug-likeness (QED) is 0.810. The predicted molar refractivity (Wildman–Crippen MR) is 70.7 cm³/mol. The average molecular weight is 312 g/mol. The van der Waals surface area contributed by atoms with E-state index < -0.39 is 0 Å². The fourth-order valence-electron chi connectivity index (χ4n) is 1.37. The number of aryl methyl sites for hydroxylation is 1. The molecular weight excluding hydrogens is 302 g/mol. The largest absolute Gasteiger partial charge is 0.487 e. The second kappa shape index (κ2) is 5.42. The van der Waals surface area contributed by atoms with Gasteiger partial charge in [-0.3, -0.25) is 4.79 Å². The zero-order valence-corrected chi connectivity index (χ0v) is 11.5. The molecule has 0 saturated carbocycles. The van der Waals surface area contributed by atoms with Crippen molar-refractivity contribution >= 4 is 33.6 Å². The van der Waals surface area contributed by atoms with E-state index in [2.05, 4.69) is 20.9 Å². The second-order valence-corrected chi connectivity index (χ2v) is 5.42. The Balaban J connectivity index is 2.11. The van der Waals surface area contributed by atoms with Crippen LogP contribution in [-0.4, -0.2) is 11.3 Å². The molecule has 0 bridgehead atoms. The molecule has 0 atom stereocenters. The molecule has 0 aliphatic carbocycles. The molecule has 0 amide bonds. The maximum Gasteiger partial charge on any atom is 0.153 e. The van der Waals surface area contributed by atoms with E-state index in [4.69, 9.17) is 4.74 Å². The lowest BCUT2D eigenvalue weighted by Gasteiger charge is -2.07. The van der Waals surface area contributed by atoms with Crippen LogP contribution in [0.25, 0.3) is 0 Å². The number of rotatable bonds is 4. The predicted octanol–water partition coefficient (Wildman–Crippen LogP) is 3.61. The van der Waals surface area contributed by atoms with E-state index in [0.29, 0.717) is 17.9 Å². The summed E-state index contributed by atoms with van der Waals surface area (Å²) in [6.07, 6.45) is 0.784. The molecule has 0 N–H and O–H groups in total. The molecule has 88 valence electrons. The Bertz CT molecular complexity index is 539. The zero-order chi connectivity index (χ0) is 12.3. The number of hydrogen-bond acceptors (Lipinski definition) is 4. The highest BCUT2D eigenvalue weighted by Crippen LogP contribution is 2.22. The molecule has 0 unspecified atom stereocenters. The van der Waals surface area contributed by atoms with Crippen LogP contribution in [0, 0.1) is 6.92 Å². The Morgan fingerprint density at radius 2 is 2.35 bits per heavy atom. The van der Waals surface area contributed by atoms with Crippen molar-refractivity contribution < 1.29 is 9.53 Å². The highest BCUT2D eigenvalue weighted by Gasteiger charge is 2.05. The molecule has 1 aromatic carbocycles. The Kier molecular flexibility index (Phi) is 3.91. The van der Waals surface area contributed by atoms with Crippen LogP contribution in [0.3, 0.4) is 0 Å². The maximum absolute atomic E-state index is 10.9. The number of carbonyl (C=O) groups excluding carboxylic acids is 1. The van der Waals surface area contributed by atoms with E-state index in [-0.39, 0.29) is 0 Å². The first kappa shape index (κ1) is 12.3. The van der Waals surface area contributed by atoms with Crippen LogP contribution in [0.5, 0.6) is 5.75 Å². The van der Waals surface area contributed by atoms with Crippen LogP contribution in [-0.2, 0) is 6.61 Å². The van der Waals surface area contributed by atoms with Crippen molar-refractivity contribution in [2.24, 2.45) is 0 Å². The molecule has 2 aromatic rings. The molecule has 5 heteroatoms. The number of carbonyl (C=O) groups is 1. The minimum atomic E-state index is 0.382. The van der Waals surface area contributed by atoms with Gasteiger partial charge in [0.15, 0.2) is 6.29 Å². The van der Waals surface area contributed by atoms with Crippen molar-refractivity contribution in [1.82, 2.24) is 4.98 Å². The molecule has 0 aliphatic rings. The van der Waals surface area contributed by atoms with Crippen molar-refractivity contribution in [2.45, 2.75) is 13.5 Å². The van der Waals surface area contributed by atoms with Gasteiger partial charge in [-0.2, -0.15) is 0 Å². The molecule has 0 saturated heterocycles. The fraction of sp³-hybridized carbons (Fsp3) is 0.167. The van der Waals surface area contributed by atoms with Crippen LogP contribution in [0.4, 0.5) is 0 Å². The van der Waals surface area contributed by atoms with E-state index in [9.17, 15) is 4.79 Å². The smallest absolute Gasteiger partial charge is 0.153 e. The molecule has 0 spiro atoms. The third kappa shape index (κ3) is 3.14. The molecule has 2 rings (SSSR count). The standard InChI is InChI=1S/C12H10BrNO2S/c1-8-14-11(7-17-8)6-16-12-3-2-10(13)4-9(12)5-15/h2-5,7H,6H2,1H3. The van der Waals surface area contributed by atoms with Crippen molar-refractivity contribution in [3.8, 4) is 5.75 Å². The van der Waals surface area contributed by atoms with Gasteiger partial charge in [0.1, 0.15) is 12.4 Å². The summed E-state index contributed by atoms with van der Waals surface area (Å²) in [5.74, 6) is 0.578. The van der Waals surface area contributed by atoms with Crippen LogP contribution in [0.15, 0.2) is 28.1 Å². The molecule has 3 nitrogen and oxygen atoms in total. The highest BCUT2D eigenvalue weighted by atomic mass is 79.9. The summed E-state index contributed by atoms with van der Waals surface area (Å²) in [6.45, 7) is 2.33. The molecule has 1 heterocycles. The van der Waals surface area contributed by atoms with E-state index in [1.165, 1.54) is 0 Å². The SMILES string of the molecule is Cc1nc(COc2ccc(Br)cc2C=O)cs1. The van der Waals surface area contributed by atoms with Gasteiger partial charge in [0.2, 0.25) is 0 Å². The molecule has 1 aromatic heterocycles. The van der Waals surface area contributed by atoms with Gasteiger partial charge in [0.25, 0.3) is 0 Å². The Labute approximate surface area is 112 Å². The van der Waals surface area contributed by atoms with Crippen LogP contribution >= 0.6 is 27.3 Å². The molecule has 0 fully saturated rings. The first-order valence-corrected chi connectivity index (χ1v) is 6.65. The first-order valence-electron chi connectivity index (χ1n) is 4.97. The van der Waals surface area contributed by atoms with Crippen LogP contribution in [0.2, 0.25) is 0 Å². The first-order chi connectivity index (χ1) is 8.19. The molecular formula is C12H10BrNO2S. The van der Waals surface area contributed by atoms with E-state index in [0.717, 1.165) is 21.5 Å². The fourth-order valence-corrected chi connectivity index (χ4v) is 2.35. The van der Waals surface area contributed by atoms with E-state index in [1.54, 1.807) is 23.5 Å². The Morgan fingerprint density at radius 1 is 1.53 bits per heavy atom. The minimum absolute atomic E-state index is 0.382. The summed E-state index contributed by atoms with van der Waals surface area (Å²) in [5, 5.41) is 2.96. The minimum Gasteiger partial charge on any atom is -0.487 e. The second-order valence-electron chi connectivity index (χ2n) is 3.45. The molecule has 17 heavy (non-hydrogen) atoms. The number of benzene rings is 1. The lowest BCUT2D eigenvalue weighted by Crippen LogP contribution is -1.98. The van der Waals surface area contributed by atoms with Gasteiger partial charge in [-0.1, -0.05) is 15.9 Å². The summed E-state index contributed by atoms with van der Waals surface area (Å²) in [6, 6.07) is 5.34. The van der Waals surface area contributed by atoms with Crippen LogP contribution < -0.4 is 4.74 Å². The third-order valence-electron chi connectivity index (χ3n) is 2.14. The van der Waals surface area contributed by atoms with Gasteiger partial charge in [-0.15, -0.1) is 11.3 Å². The maximum atomic E-state index is 10.9. The summed E-state index contributed by atoms with van der Waals surface area (Å²) >= 11 is 4.90. The number of hydrogen-bond donors (Lipinski definition) is 0. The summed E-state index contributed by atoms with van der Waals surface area (Å²) in [5.41, 5.74) is 1.42. The lowest BCUT2D eigenvalue weighted by molar-refractivity contribution is 0.111. The number of thiazole rings is 1. The molecule has 0 aliphatic heterocycles. The van der Waals surface area contributed by atoms with Gasteiger partial charge in [0, 0.05) is 9.85 Å².